The van der Waals surface area contributed by atoms with E-state index in [1.165, 1.54) is 0 Å². The molecule has 1 spiro atoms. The van der Waals surface area contributed by atoms with E-state index >= 15 is 0 Å². The van der Waals surface area contributed by atoms with Gasteiger partial charge in [-0.05, 0) is 35.9 Å². The molecule has 2 atom stereocenters. The molecule has 2 heterocycles. The molecule has 0 unspecified atom stereocenters. The number of rotatable bonds is 4. The number of ether oxygens (including phenoxy) is 2. The number of methoxy groups -OCH3 is 1. The van der Waals surface area contributed by atoms with Crippen LogP contribution in [0.1, 0.15) is 42.6 Å². The number of aliphatic hydroxyl groups excluding tert-OH is 2. The standard InChI is InChI=1S/C26H29NO4/c1-30-20-7-4-6-19(15-20)24(29)17-27-13-11-26(12-14-27)16-23(28)22-10-9-18-5-2-3-8-21(18)25(22)31-26/h2-10,15,23-24,28-29H,11-14,16-17H2,1H3/t23-,24+/m0/s1. The van der Waals surface area contributed by atoms with Crippen LogP contribution in [-0.4, -0.2) is 47.5 Å². The molecule has 3 aromatic carbocycles. The van der Waals surface area contributed by atoms with Crippen molar-refractivity contribution in [1.82, 2.24) is 4.90 Å². The largest absolute Gasteiger partial charge is 0.497 e. The molecule has 2 aliphatic heterocycles. The summed E-state index contributed by atoms with van der Waals surface area (Å²) in [6.07, 6.45) is 1.20. The Morgan fingerprint density at radius 2 is 1.90 bits per heavy atom. The van der Waals surface area contributed by atoms with Gasteiger partial charge in [0.25, 0.3) is 0 Å². The molecular formula is C26H29NO4. The van der Waals surface area contributed by atoms with E-state index in [0.717, 1.165) is 59.3 Å². The Balaban J connectivity index is 1.29. The Kier molecular flexibility index (Phi) is 5.34. The molecule has 5 rings (SSSR count). The predicted molar refractivity (Wildman–Crippen MR) is 121 cm³/mol. The summed E-state index contributed by atoms with van der Waals surface area (Å²) in [5, 5.41) is 23.8. The number of β-amino-alcohol motifs (C(OH)–C–C–N with tert-alkyl or cyclic N) is 1. The summed E-state index contributed by atoms with van der Waals surface area (Å²) in [5.74, 6) is 1.59. The Labute approximate surface area is 182 Å². The molecule has 0 radical (unpaired) electrons. The lowest BCUT2D eigenvalue weighted by atomic mass is 9.81. The van der Waals surface area contributed by atoms with Gasteiger partial charge in [-0.15, -0.1) is 0 Å². The van der Waals surface area contributed by atoms with E-state index in [2.05, 4.69) is 23.1 Å². The molecule has 0 bridgehead atoms. The first kappa shape index (κ1) is 20.3. The van der Waals surface area contributed by atoms with Crippen LogP contribution in [0.2, 0.25) is 0 Å². The Bertz CT molecular complexity index is 1070. The van der Waals surface area contributed by atoms with Crippen molar-refractivity contribution in [3.05, 3.63) is 71.8 Å². The minimum Gasteiger partial charge on any atom is -0.497 e. The second-order valence-corrected chi connectivity index (χ2v) is 8.80. The van der Waals surface area contributed by atoms with Gasteiger partial charge in [-0.2, -0.15) is 0 Å². The third-order valence-corrected chi connectivity index (χ3v) is 6.83. The van der Waals surface area contributed by atoms with Crippen LogP contribution < -0.4 is 9.47 Å². The van der Waals surface area contributed by atoms with Crippen molar-refractivity contribution >= 4 is 10.8 Å². The fraction of sp³-hybridized carbons (Fsp3) is 0.385. The molecule has 0 aliphatic carbocycles. The van der Waals surface area contributed by atoms with Gasteiger partial charge in [-0.25, -0.2) is 0 Å². The van der Waals surface area contributed by atoms with Crippen LogP contribution in [-0.2, 0) is 0 Å². The monoisotopic (exact) mass is 419 g/mol. The van der Waals surface area contributed by atoms with Crippen LogP contribution in [0, 0.1) is 0 Å². The van der Waals surface area contributed by atoms with Crippen LogP contribution >= 0.6 is 0 Å². The molecule has 5 nitrogen and oxygen atoms in total. The molecule has 5 heteroatoms. The molecule has 0 amide bonds. The van der Waals surface area contributed by atoms with Crippen molar-refractivity contribution in [2.24, 2.45) is 0 Å². The summed E-state index contributed by atoms with van der Waals surface area (Å²) >= 11 is 0. The zero-order valence-corrected chi connectivity index (χ0v) is 17.8. The number of nitrogens with zero attached hydrogens (tertiary/aromatic N) is 1. The third kappa shape index (κ3) is 3.89. The number of hydrogen-bond acceptors (Lipinski definition) is 5. The highest BCUT2D eigenvalue weighted by atomic mass is 16.5. The number of fused-ring (bicyclic) bond motifs is 3. The highest BCUT2D eigenvalue weighted by Crippen LogP contribution is 2.47. The van der Waals surface area contributed by atoms with Gasteiger partial charge in [0.1, 0.15) is 17.1 Å². The summed E-state index contributed by atoms with van der Waals surface area (Å²) in [4.78, 5) is 2.28. The number of likely N-dealkylation sites (tertiary alicyclic amines) is 1. The van der Waals surface area contributed by atoms with Gasteiger partial charge in [-0.3, -0.25) is 0 Å². The van der Waals surface area contributed by atoms with Crippen molar-refractivity contribution < 1.29 is 19.7 Å². The molecule has 31 heavy (non-hydrogen) atoms. The highest BCUT2D eigenvalue weighted by molar-refractivity contribution is 5.90. The van der Waals surface area contributed by atoms with Crippen LogP contribution in [0.4, 0.5) is 0 Å². The summed E-state index contributed by atoms with van der Waals surface area (Å²) in [6, 6.07) is 19.8. The molecule has 0 saturated carbocycles. The molecule has 1 fully saturated rings. The van der Waals surface area contributed by atoms with Crippen LogP contribution in [0.25, 0.3) is 10.8 Å². The Morgan fingerprint density at radius 1 is 1.10 bits per heavy atom. The normalized spacial score (nSPS) is 21.5. The zero-order chi connectivity index (χ0) is 21.4. The molecule has 2 aliphatic rings. The molecule has 2 N–H and O–H groups in total. The fourth-order valence-electron chi connectivity index (χ4n) is 5.00. The smallest absolute Gasteiger partial charge is 0.133 e. The van der Waals surface area contributed by atoms with Crippen molar-refractivity contribution in [3.63, 3.8) is 0 Å². The number of aliphatic hydroxyl groups is 2. The first-order valence-corrected chi connectivity index (χ1v) is 11.0. The highest BCUT2D eigenvalue weighted by Gasteiger charge is 2.43. The maximum Gasteiger partial charge on any atom is 0.133 e. The predicted octanol–water partition coefficient (Wildman–Crippen LogP) is 4.23. The summed E-state index contributed by atoms with van der Waals surface area (Å²) < 4.78 is 11.9. The van der Waals surface area contributed by atoms with E-state index in [9.17, 15) is 10.2 Å². The van der Waals surface area contributed by atoms with Crippen molar-refractivity contribution in [2.75, 3.05) is 26.7 Å². The average Bonchev–Trinajstić information content (AvgIpc) is 2.80. The lowest BCUT2D eigenvalue weighted by Crippen LogP contribution is -2.51. The lowest BCUT2D eigenvalue weighted by molar-refractivity contribution is -0.0577. The van der Waals surface area contributed by atoms with Crippen LogP contribution in [0.15, 0.2) is 60.7 Å². The van der Waals surface area contributed by atoms with E-state index in [-0.39, 0.29) is 5.60 Å². The molecule has 162 valence electrons. The third-order valence-electron chi connectivity index (χ3n) is 6.83. The lowest BCUT2D eigenvalue weighted by Gasteiger charge is -2.46. The molecule has 0 aromatic heterocycles. The summed E-state index contributed by atoms with van der Waals surface area (Å²) in [5.41, 5.74) is 1.40. The van der Waals surface area contributed by atoms with Crippen molar-refractivity contribution in [1.29, 1.82) is 0 Å². The number of hydrogen-bond donors (Lipinski definition) is 2. The maximum absolute atomic E-state index is 10.9. The van der Waals surface area contributed by atoms with E-state index in [4.69, 9.17) is 9.47 Å². The average molecular weight is 420 g/mol. The van der Waals surface area contributed by atoms with Gasteiger partial charge in [0.2, 0.25) is 0 Å². The number of piperidine rings is 1. The molecule has 3 aromatic rings. The van der Waals surface area contributed by atoms with Crippen LogP contribution in [0.5, 0.6) is 11.5 Å². The number of benzene rings is 3. The Morgan fingerprint density at radius 3 is 2.71 bits per heavy atom. The minimum atomic E-state index is -0.563. The SMILES string of the molecule is COc1cccc([C@H](O)CN2CCC3(CC2)C[C@H](O)c2ccc4ccccc4c2O3)c1. The van der Waals surface area contributed by atoms with Gasteiger partial charge >= 0.3 is 0 Å². The fourth-order valence-corrected chi connectivity index (χ4v) is 5.00. The van der Waals surface area contributed by atoms with Gasteiger partial charge in [0.15, 0.2) is 0 Å². The van der Waals surface area contributed by atoms with E-state index in [1.807, 2.05) is 42.5 Å². The first-order valence-electron chi connectivity index (χ1n) is 11.0. The van der Waals surface area contributed by atoms with Crippen molar-refractivity contribution in [3.8, 4) is 11.5 Å². The summed E-state index contributed by atoms with van der Waals surface area (Å²) in [6.45, 7) is 2.23. The van der Waals surface area contributed by atoms with Gasteiger partial charge in [-0.1, -0.05) is 48.5 Å². The second-order valence-electron chi connectivity index (χ2n) is 8.80. The minimum absolute atomic E-state index is 0.353. The van der Waals surface area contributed by atoms with Gasteiger partial charge < -0.3 is 24.6 Å². The van der Waals surface area contributed by atoms with Gasteiger partial charge in [0, 0.05) is 37.0 Å². The van der Waals surface area contributed by atoms with Crippen molar-refractivity contribution in [2.45, 2.75) is 37.1 Å². The quantitative estimate of drug-likeness (QED) is 0.663. The Hall–Kier alpha value is -2.60. The summed E-state index contributed by atoms with van der Waals surface area (Å²) in [7, 11) is 1.63. The first-order chi connectivity index (χ1) is 15.1. The maximum atomic E-state index is 10.9. The zero-order valence-electron chi connectivity index (χ0n) is 17.8. The molecular weight excluding hydrogens is 390 g/mol. The molecule has 1 saturated heterocycles. The van der Waals surface area contributed by atoms with Crippen LogP contribution in [0.3, 0.4) is 0 Å². The second kappa shape index (κ2) is 8.15. The van der Waals surface area contributed by atoms with E-state index in [0.29, 0.717) is 13.0 Å². The van der Waals surface area contributed by atoms with E-state index in [1.54, 1.807) is 7.11 Å². The topological polar surface area (TPSA) is 62.2 Å². The van der Waals surface area contributed by atoms with E-state index < -0.39 is 12.2 Å². The van der Waals surface area contributed by atoms with Gasteiger partial charge in [0.05, 0.1) is 19.3 Å².